The number of nitrogens with zero attached hydrogens (tertiary/aromatic N) is 1. The number of hydrogen-bond donors (Lipinski definition) is 3. The minimum atomic E-state index is -0.698. The van der Waals surface area contributed by atoms with Gasteiger partial charge in [0.25, 0.3) is 0 Å². The average Bonchev–Trinajstić information content (AvgIpc) is 3.07. The Balaban J connectivity index is 1.89. The summed E-state index contributed by atoms with van der Waals surface area (Å²) in [7, 11) is 0. The SMILES string of the molecule is CCNC(=NCC(O)c1ccco1)NC1CCCC(SC)C1. The van der Waals surface area contributed by atoms with Gasteiger partial charge in [0.2, 0.25) is 0 Å². The lowest BCUT2D eigenvalue weighted by molar-refractivity contribution is 0.158. The molecule has 0 aromatic carbocycles. The van der Waals surface area contributed by atoms with Crippen molar-refractivity contribution in [2.45, 2.75) is 50.0 Å². The van der Waals surface area contributed by atoms with Crippen molar-refractivity contribution in [1.82, 2.24) is 10.6 Å². The predicted octanol–water partition coefficient (Wildman–Crippen LogP) is 2.54. The summed E-state index contributed by atoms with van der Waals surface area (Å²) in [6, 6.07) is 4.01. The Bertz CT molecular complexity index is 450. The summed E-state index contributed by atoms with van der Waals surface area (Å²) in [5.41, 5.74) is 0. The molecule has 1 aromatic heterocycles. The first-order valence-electron chi connectivity index (χ1n) is 8.02. The smallest absolute Gasteiger partial charge is 0.191 e. The lowest BCUT2D eigenvalue weighted by Gasteiger charge is -2.30. The van der Waals surface area contributed by atoms with Crippen LogP contribution in [0.15, 0.2) is 27.8 Å². The second-order valence-corrected chi connectivity index (χ2v) is 6.75. The fraction of sp³-hybridized carbons (Fsp3) is 0.688. The molecule has 0 radical (unpaired) electrons. The number of aliphatic hydroxyl groups excluding tert-OH is 1. The highest BCUT2D eigenvalue weighted by Crippen LogP contribution is 2.26. The molecule has 124 valence electrons. The van der Waals surface area contributed by atoms with E-state index in [1.807, 2.05) is 18.7 Å². The van der Waals surface area contributed by atoms with Crippen LogP contribution in [0.1, 0.15) is 44.5 Å². The van der Waals surface area contributed by atoms with Gasteiger partial charge in [-0.05, 0) is 44.6 Å². The topological polar surface area (TPSA) is 69.8 Å². The van der Waals surface area contributed by atoms with Crippen molar-refractivity contribution >= 4 is 17.7 Å². The van der Waals surface area contributed by atoms with E-state index in [0.717, 1.165) is 17.8 Å². The van der Waals surface area contributed by atoms with Gasteiger partial charge in [-0.1, -0.05) is 6.42 Å². The highest BCUT2D eigenvalue weighted by atomic mass is 32.2. The van der Waals surface area contributed by atoms with Gasteiger partial charge in [0.1, 0.15) is 11.9 Å². The van der Waals surface area contributed by atoms with Crippen LogP contribution in [-0.4, -0.2) is 41.7 Å². The molecule has 0 saturated heterocycles. The first-order valence-corrected chi connectivity index (χ1v) is 9.30. The van der Waals surface area contributed by atoms with E-state index in [4.69, 9.17) is 4.42 Å². The molecule has 1 heterocycles. The second kappa shape index (κ2) is 9.10. The van der Waals surface area contributed by atoms with Crippen LogP contribution < -0.4 is 10.6 Å². The van der Waals surface area contributed by atoms with E-state index in [2.05, 4.69) is 21.9 Å². The number of aliphatic hydroxyl groups is 1. The van der Waals surface area contributed by atoms with Gasteiger partial charge < -0.3 is 20.2 Å². The Morgan fingerprint density at radius 3 is 3.09 bits per heavy atom. The highest BCUT2D eigenvalue weighted by molar-refractivity contribution is 7.99. The van der Waals surface area contributed by atoms with Gasteiger partial charge in [0.15, 0.2) is 5.96 Å². The quantitative estimate of drug-likeness (QED) is 0.554. The summed E-state index contributed by atoms with van der Waals surface area (Å²) >= 11 is 1.95. The van der Waals surface area contributed by atoms with E-state index in [0.29, 0.717) is 18.3 Å². The van der Waals surface area contributed by atoms with Crippen molar-refractivity contribution in [2.75, 3.05) is 19.3 Å². The molecule has 5 nitrogen and oxygen atoms in total. The molecule has 0 spiro atoms. The molecule has 2 rings (SSSR count). The number of nitrogens with one attached hydrogen (secondary N) is 2. The summed E-state index contributed by atoms with van der Waals surface area (Å²) in [5.74, 6) is 1.33. The molecule has 3 N–H and O–H groups in total. The van der Waals surface area contributed by atoms with Crippen LogP contribution in [0.3, 0.4) is 0 Å². The fourth-order valence-electron chi connectivity index (χ4n) is 2.75. The van der Waals surface area contributed by atoms with Crippen molar-refractivity contribution in [1.29, 1.82) is 0 Å². The van der Waals surface area contributed by atoms with Crippen molar-refractivity contribution < 1.29 is 9.52 Å². The van der Waals surface area contributed by atoms with Crippen LogP contribution in [0.5, 0.6) is 0 Å². The summed E-state index contributed by atoms with van der Waals surface area (Å²) < 4.78 is 5.20. The van der Waals surface area contributed by atoms with Crippen molar-refractivity contribution in [3.05, 3.63) is 24.2 Å². The van der Waals surface area contributed by atoms with Crippen LogP contribution in [0.4, 0.5) is 0 Å². The normalized spacial score (nSPS) is 24.0. The third kappa shape index (κ3) is 5.25. The van der Waals surface area contributed by atoms with Crippen LogP contribution in [-0.2, 0) is 0 Å². The average molecular weight is 325 g/mol. The molecule has 3 atom stereocenters. The van der Waals surface area contributed by atoms with Crippen LogP contribution in [0.25, 0.3) is 0 Å². The minimum Gasteiger partial charge on any atom is -0.467 e. The Morgan fingerprint density at radius 2 is 2.41 bits per heavy atom. The molecule has 22 heavy (non-hydrogen) atoms. The van der Waals surface area contributed by atoms with E-state index in [1.54, 1.807) is 18.4 Å². The summed E-state index contributed by atoms with van der Waals surface area (Å²) in [6.07, 6.45) is 7.98. The zero-order valence-electron chi connectivity index (χ0n) is 13.4. The molecule has 0 aliphatic heterocycles. The Hall–Kier alpha value is -1.14. The number of rotatable bonds is 6. The van der Waals surface area contributed by atoms with Crippen LogP contribution in [0, 0.1) is 0 Å². The molecular weight excluding hydrogens is 298 g/mol. The summed E-state index contributed by atoms with van der Waals surface area (Å²) in [4.78, 5) is 4.49. The first kappa shape index (κ1) is 17.2. The number of hydrogen-bond acceptors (Lipinski definition) is 4. The number of thioether (sulfide) groups is 1. The molecule has 0 amide bonds. The molecule has 3 unspecified atom stereocenters. The van der Waals surface area contributed by atoms with E-state index < -0.39 is 6.10 Å². The number of furan rings is 1. The van der Waals surface area contributed by atoms with Gasteiger partial charge in [-0.2, -0.15) is 11.8 Å². The molecule has 1 aromatic rings. The fourth-order valence-corrected chi connectivity index (χ4v) is 3.58. The molecule has 1 aliphatic rings. The Morgan fingerprint density at radius 1 is 1.55 bits per heavy atom. The van der Waals surface area contributed by atoms with Gasteiger partial charge in [-0.15, -0.1) is 0 Å². The Kier molecular flexibility index (Phi) is 7.12. The maximum Gasteiger partial charge on any atom is 0.191 e. The Labute approximate surface area is 137 Å². The first-order chi connectivity index (χ1) is 10.7. The van der Waals surface area contributed by atoms with Gasteiger partial charge in [0, 0.05) is 17.8 Å². The maximum absolute atomic E-state index is 10.1. The summed E-state index contributed by atoms with van der Waals surface area (Å²) in [6.45, 7) is 3.15. The largest absolute Gasteiger partial charge is 0.467 e. The maximum atomic E-state index is 10.1. The second-order valence-electron chi connectivity index (χ2n) is 5.62. The van der Waals surface area contributed by atoms with E-state index in [9.17, 15) is 5.11 Å². The number of aliphatic imine (C=N–C) groups is 1. The lowest BCUT2D eigenvalue weighted by atomic mass is 9.95. The van der Waals surface area contributed by atoms with Gasteiger partial charge in [-0.3, -0.25) is 4.99 Å². The zero-order chi connectivity index (χ0) is 15.8. The standard InChI is InChI=1S/C16H27N3O2S/c1-3-17-16(18-11-14(20)15-8-5-9-21-15)19-12-6-4-7-13(10-12)22-2/h5,8-9,12-14,20H,3-4,6-7,10-11H2,1-2H3,(H2,17,18,19). The van der Waals surface area contributed by atoms with Gasteiger partial charge >= 0.3 is 0 Å². The van der Waals surface area contributed by atoms with Crippen molar-refractivity contribution in [3.63, 3.8) is 0 Å². The van der Waals surface area contributed by atoms with E-state index in [-0.39, 0.29) is 0 Å². The third-order valence-corrected chi connectivity index (χ3v) is 5.03. The predicted molar refractivity (Wildman–Crippen MR) is 92.3 cm³/mol. The van der Waals surface area contributed by atoms with E-state index >= 15 is 0 Å². The van der Waals surface area contributed by atoms with Crippen LogP contribution >= 0.6 is 11.8 Å². The molecule has 0 bridgehead atoms. The van der Waals surface area contributed by atoms with Crippen LogP contribution in [0.2, 0.25) is 0 Å². The van der Waals surface area contributed by atoms with E-state index in [1.165, 1.54) is 25.7 Å². The molecular formula is C16H27N3O2S. The molecule has 6 heteroatoms. The molecule has 1 saturated carbocycles. The highest BCUT2D eigenvalue weighted by Gasteiger charge is 2.22. The monoisotopic (exact) mass is 325 g/mol. The lowest BCUT2D eigenvalue weighted by Crippen LogP contribution is -2.45. The van der Waals surface area contributed by atoms with Crippen molar-refractivity contribution in [2.24, 2.45) is 4.99 Å². The van der Waals surface area contributed by atoms with Gasteiger partial charge in [-0.25, -0.2) is 0 Å². The molecule has 1 aliphatic carbocycles. The molecule has 1 fully saturated rings. The number of guanidine groups is 1. The van der Waals surface area contributed by atoms with Gasteiger partial charge in [0.05, 0.1) is 12.8 Å². The van der Waals surface area contributed by atoms with Crippen molar-refractivity contribution in [3.8, 4) is 0 Å². The third-order valence-electron chi connectivity index (χ3n) is 3.94. The zero-order valence-corrected chi connectivity index (χ0v) is 14.2. The minimum absolute atomic E-state index is 0.293. The summed E-state index contributed by atoms with van der Waals surface area (Å²) in [5, 5.41) is 17.6.